The lowest BCUT2D eigenvalue weighted by atomic mass is 10.3. The van der Waals surface area contributed by atoms with Gasteiger partial charge in [0.05, 0.1) is 17.2 Å². The SMILES string of the molecule is Cc1nc(C)c(CN2CCN(C3=NCC(C)S3)CC2)s1. The smallest absolute Gasteiger partial charge is 0.159 e. The summed E-state index contributed by atoms with van der Waals surface area (Å²) in [5.41, 5.74) is 1.21. The number of thioether (sulfide) groups is 1. The van der Waals surface area contributed by atoms with E-state index in [0.29, 0.717) is 5.25 Å². The minimum atomic E-state index is 0.658. The van der Waals surface area contributed by atoms with Crippen LogP contribution in [0.4, 0.5) is 0 Å². The van der Waals surface area contributed by atoms with Crippen LogP contribution in [-0.2, 0) is 6.54 Å². The molecule has 1 unspecified atom stereocenters. The third-order valence-electron chi connectivity index (χ3n) is 3.80. The van der Waals surface area contributed by atoms with Crippen LogP contribution in [0, 0.1) is 13.8 Å². The first-order valence-electron chi connectivity index (χ1n) is 7.23. The van der Waals surface area contributed by atoms with Crippen molar-refractivity contribution in [3.63, 3.8) is 0 Å². The van der Waals surface area contributed by atoms with E-state index in [0.717, 1.165) is 39.3 Å². The van der Waals surface area contributed by atoms with Crippen LogP contribution >= 0.6 is 23.1 Å². The average Bonchev–Trinajstić information content (AvgIpc) is 2.97. The van der Waals surface area contributed by atoms with Gasteiger partial charge in [0, 0.05) is 42.9 Å². The molecule has 1 aromatic rings. The maximum atomic E-state index is 4.65. The Morgan fingerprint density at radius 3 is 2.50 bits per heavy atom. The average molecular weight is 310 g/mol. The maximum absolute atomic E-state index is 4.65. The Bertz CT molecular complexity index is 503. The van der Waals surface area contributed by atoms with Gasteiger partial charge in [0.25, 0.3) is 0 Å². The molecule has 0 radical (unpaired) electrons. The van der Waals surface area contributed by atoms with Crippen molar-refractivity contribution in [3.05, 3.63) is 15.6 Å². The van der Waals surface area contributed by atoms with Crippen molar-refractivity contribution in [2.75, 3.05) is 32.7 Å². The highest BCUT2D eigenvalue weighted by Crippen LogP contribution is 2.24. The molecule has 1 atom stereocenters. The fraction of sp³-hybridized carbons (Fsp3) is 0.714. The zero-order valence-electron chi connectivity index (χ0n) is 12.4. The number of rotatable bonds is 2. The number of aliphatic imine (C=N–C) groups is 1. The highest BCUT2D eigenvalue weighted by Gasteiger charge is 2.25. The van der Waals surface area contributed by atoms with Gasteiger partial charge in [-0.05, 0) is 13.8 Å². The summed E-state index contributed by atoms with van der Waals surface area (Å²) in [6.45, 7) is 13.0. The van der Waals surface area contributed by atoms with Crippen LogP contribution in [0.2, 0.25) is 0 Å². The highest BCUT2D eigenvalue weighted by atomic mass is 32.2. The zero-order valence-corrected chi connectivity index (χ0v) is 14.1. The Morgan fingerprint density at radius 1 is 1.20 bits per heavy atom. The molecule has 4 nitrogen and oxygen atoms in total. The van der Waals surface area contributed by atoms with Crippen molar-refractivity contribution in [2.24, 2.45) is 4.99 Å². The van der Waals surface area contributed by atoms with E-state index in [1.54, 1.807) is 0 Å². The number of amidine groups is 1. The fourth-order valence-electron chi connectivity index (χ4n) is 2.66. The molecule has 6 heteroatoms. The first kappa shape index (κ1) is 14.4. The molecule has 0 saturated carbocycles. The molecule has 3 rings (SSSR count). The third-order valence-corrected chi connectivity index (χ3v) is 6.01. The molecule has 0 amide bonds. The van der Waals surface area contributed by atoms with E-state index in [9.17, 15) is 0 Å². The summed E-state index contributed by atoms with van der Waals surface area (Å²) in [5.74, 6) is 0. The lowest BCUT2D eigenvalue weighted by molar-refractivity contribution is 0.178. The second-order valence-electron chi connectivity index (χ2n) is 5.56. The molecular formula is C14H22N4S2. The van der Waals surface area contributed by atoms with Crippen LogP contribution in [0.5, 0.6) is 0 Å². The van der Waals surface area contributed by atoms with Crippen LogP contribution < -0.4 is 0 Å². The van der Waals surface area contributed by atoms with Crippen LogP contribution in [0.25, 0.3) is 0 Å². The van der Waals surface area contributed by atoms with Gasteiger partial charge in [-0.15, -0.1) is 11.3 Å². The molecule has 0 bridgehead atoms. The van der Waals surface area contributed by atoms with Crippen molar-refractivity contribution in [1.29, 1.82) is 0 Å². The molecule has 0 aliphatic carbocycles. The molecule has 3 heterocycles. The first-order chi connectivity index (χ1) is 9.61. The minimum absolute atomic E-state index is 0.658. The molecule has 1 saturated heterocycles. The number of hydrogen-bond acceptors (Lipinski definition) is 6. The van der Waals surface area contributed by atoms with Gasteiger partial charge in [0.2, 0.25) is 0 Å². The largest absolute Gasteiger partial charge is 0.349 e. The topological polar surface area (TPSA) is 31.7 Å². The Balaban J connectivity index is 1.52. The van der Waals surface area contributed by atoms with Crippen LogP contribution in [-0.4, -0.2) is 57.9 Å². The van der Waals surface area contributed by atoms with E-state index in [-0.39, 0.29) is 0 Å². The number of aromatic nitrogens is 1. The predicted molar refractivity (Wildman–Crippen MR) is 87.8 cm³/mol. The van der Waals surface area contributed by atoms with Crippen molar-refractivity contribution < 1.29 is 0 Å². The number of hydrogen-bond donors (Lipinski definition) is 0. The third kappa shape index (κ3) is 3.18. The Kier molecular flexibility index (Phi) is 4.33. The van der Waals surface area contributed by atoms with Crippen LogP contribution in [0.1, 0.15) is 22.5 Å². The van der Waals surface area contributed by atoms with E-state index in [1.807, 2.05) is 23.1 Å². The summed E-state index contributed by atoms with van der Waals surface area (Å²) in [4.78, 5) is 15.6. The van der Waals surface area contributed by atoms with Gasteiger partial charge in [0.1, 0.15) is 0 Å². The highest BCUT2D eigenvalue weighted by molar-refractivity contribution is 8.14. The maximum Gasteiger partial charge on any atom is 0.159 e. The predicted octanol–water partition coefficient (Wildman–Crippen LogP) is 2.37. The number of thiazole rings is 1. The van der Waals surface area contributed by atoms with Gasteiger partial charge in [0.15, 0.2) is 5.17 Å². The molecule has 110 valence electrons. The summed E-state index contributed by atoms with van der Waals surface area (Å²) in [6.07, 6.45) is 0. The van der Waals surface area contributed by atoms with Gasteiger partial charge in [-0.1, -0.05) is 18.7 Å². The van der Waals surface area contributed by atoms with Crippen molar-refractivity contribution in [3.8, 4) is 0 Å². The molecule has 20 heavy (non-hydrogen) atoms. The van der Waals surface area contributed by atoms with E-state index in [4.69, 9.17) is 0 Å². The summed E-state index contributed by atoms with van der Waals surface area (Å²) in [5, 5.41) is 3.11. The Labute approximate surface area is 129 Å². The van der Waals surface area contributed by atoms with Gasteiger partial charge >= 0.3 is 0 Å². The van der Waals surface area contributed by atoms with Crippen molar-refractivity contribution in [2.45, 2.75) is 32.6 Å². The molecule has 0 aromatic carbocycles. The molecule has 2 aliphatic rings. The van der Waals surface area contributed by atoms with E-state index in [2.05, 4.69) is 40.5 Å². The summed E-state index contributed by atoms with van der Waals surface area (Å²) in [6, 6.07) is 0. The summed E-state index contributed by atoms with van der Waals surface area (Å²) < 4.78 is 0. The van der Waals surface area contributed by atoms with Crippen molar-refractivity contribution in [1.82, 2.24) is 14.8 Å². The van der Waals surface area contributed by atoms with E-state index >= 15 is 0 Å². The quantitative estimate of drug-likeness (QED) is 0.839. The molecule has 0 N–H and O–H groups in total. The molecular weight excluding hydrogens is 288 g/mol. The molecule has 1 aromatic heterocycles. The van der Waals surface area contributed by atoms with Crippen LogP contribution in [0.3, 0.4) is 0 Å². The summed E-state index contributed by atoms with van der Waals surface area (Å²) in [7, 11) is 0. The first-order valence-corrected chi connectivity index (χ1v) is 8.93. The summed E-state index contributed by atoms with van der Waals surface area (Å²) >= 11 is 3.77. The van der Waals surface area contributed by atoms with Crippen LogP contribution in [0.15, 0.2) is 4.99 Å². The van der Waals surface area contributed by atoms with Gasteiger partial charge in [-0.3, -0.25) is 9.89 Å². The van der Waals surface area contributed by atoms with Gasteiger partial charge < -0.3 is 4.90 Å². The zero-order chi connectivity index (χ0) is 14.1. The normalized spacial score (nSPS) is 24.2. The lowest BCUT2D eigenvalue weighted by Gasteiger charge is -2.35. The lowest BCUT2D eigenvalue weighted by Crippen LogP contribution is -2.47. The number of nitrogens with zero attached hydrogens (tertiary/aromatic N) is 4. The second-order valence-corrected chi connectivity index (χ2v) is 8.25. The number of piperazine rings is 1. The molecule has 0 spiro atoms. The fourth-order valence-corrected chi connectivity index (χ4v) is 4.63. The Morgan fingerprint density at radius 2 is 1.95 bits per heavy atom. The monoisotopic (exact) mass is 310 g/mol. The van der Waals surface area contributed by atoms with E-state index < -0.39 is 0 Å². The second kappa shape index (κ2) is 6.03. The molecule has 2 aliphatic heterocycles. The van der Waals surface area contributed by atoms with Gasteiger partial charge in [-0.2, -0.15) is 0 Å². The molecule has 1 fully saturated rings. The van der Waals surface area contributed by atoms with Gasteiger partial charge in [-0.25, -0.2) is 4.98 Å². The minimum Gasteiger partial charge on any atom is -0.349 e. The number of aryl methyl sites for hydroxylation is 2. The van der Waals surface area contributed by atoms with Crippen molar-refractivity contribution >= 4 is 28.3 Å². The van der Waals surface area contributed by atoms with E-state index in [1.165, 1.54) is 20.7 Å². The Hall–Kier alpha value is -0.590. The standard InChI is InChI=1S/C14H22N4S2/c1-10-8-15-14(19-10)18-6-4-17(5-7-18)9-13-11(2)16-12(3)20-13/h10H,4-9H2,1-3H3.